The Kier molecular flexibility index (Phi) is 5.46. The maximum absolute atomic E-state index is 10.2. The van der Waals surface area contributed by atoms with E-state index in [1.807, 2.05) is 14.0 Å². The highest BCUT2D eigenvalue weighted by Crippen LogP contribution is 2.27. The number of rotatable bonds is 5. The minimum absolute atomic E-state index is 0.153. The van der Waals surface area contributed by atoms with Crippen LogP contribution in [0.4, 0.5) is 0 Å². The molecule has 4 heteroatoms. The van der Waals surface area contributed by atoms with E-state index in [9.17, 15) is 10.4 Å². The number of nitrogens with zero attached hydrogens (tertiary/aromatic N) is 2. The van der Waals surface area contributed by atoms with Crippen molar-refractivity contribution in [2.75, 3.05) is 20.2 Å². The number of hydrogen-bond acceptors (Lipinski definition) is 4. The first kappa shape index (κ1) is 14.0. The monoisotopic (exact) mass is 238 g/mol. The molecule has 1 fully saturated rings. The molecule has 1 aliphatic heterocycles. The van der Waals surface area contributed by atoms with Crippen molar-refractivity contribution in [2.45, 2.75) is 38.8 Å². The molecule has 0 radical (unpaired) electrons. The van der Waals surface area contributed by atoms with Crippen LogP contribution in [0.25, 0.3) is 0 Å². The van der Waals surface area contributed by atoms with Crippen LogP contribution in [-0.2, 0) is 4.74 Å². The molecule has 0 aromatic rings. The van der Waals surface area contributed by atoms with Crippen molar-refractivity contribution < 1.29 is 9.84 Å². The predicted molar refractivity (Wildman–Crippen MR) is 66.1 cm³/mol. The number of nitriles is 1. The number of aliphatic hydroxyl groups excluding tert-OH is 1. The van der Waals surface area contributed by atoms with Gasteiger partial charge in [-0.1, -0.05) is 0 Å². The fourth-order valence-electron chi connectivity index (χ4n) is 2.32. The Morgan fingerprint density at radius 1 is 1.71 bits per heavy atom. The molecule has 0 amide bonds. The maximum atomic E-state index is 10.2. The maximum Gasteiger partial charge on any atom is 0.0953 e. The number of ether oxygens (including phenoxy) is 1. The largest absolute Gasteiger partial charge is 0.501 e. The Bertz CT molecular complexity index is 309. The highest BCUT2D eigenvalue weighted by molar-refractivity contribution is 5.12. The molecule has 1 aliphatic rings. The molecule has 1 heterocycles. The quantitative estimate of drug-likeness (QED) is 0.738. The Morgan fingerprint density at radius 3 is 2.88 bits per heavy atom. The average molecular weight is 238 g/mol. The van der Waals surface area contributed by atoms with Gasteiger partial charge in [-0.05, 0) is 45.9 Å². The van der Waals surface area contributed by atoms with Crippen molar-refractivity contribution in [2.24, 2.45) is 5.92 Å². The topological polar surface area (TPSA) is 56.5 Å². The van der Waals surface area contributed by atoms with Crippen LogP contribution in [0.2, 0.25) is 0 Å². The Balaban J connectivity index is 2.70. The lowest BCUT2D eigenvalue weighted by molar-refractivity contribution is 0.112. The normalized spacial score (nSPS) is 25.4. The summed E-state index contributed by atoms with van der Waals surface area (Å²) in [4.78, 5) is 2.16. The SMILES string of the molecule is CCO/C=C(\C)C(O)C(C#N)C1CCCN1C. The van der Waals surface area contributed by atoms with Crippen LogP contribution < -0.4 is 0 Å². The van der Waals surface area contributed by atoms with Gasteiger partial charge in [0.25, 0.3) is 0 Å². The minimum Gasteiger partial charge on any atom is -0.501 e. The van der Waals surface area contributed by atoms with Gasteiger partial charge in [0.15, 0.2) is 0 Å². The molecular formula is C13H22N2O2. The molecule has 4 nitrogen and oxygen atoms in total. The molecule has 0 bridgehead atoms. The summed E-state index contributed by atoms with van der Waals surface area (Å²) in [6.45, 7) is 5.27. The van der Waals surface area contributed by atoms with Gasteiger partial charge < -0.3 is 14.7 Å². The van der Waals surface area contributed by atoms with E-state index in [0.717, 1.165) is 25.0 Å². The predicted octanol–water partition coefficient (Wildman–Crippen LogP) is 1.52. The van der Waals surface area contributed by atoms with E-state index in [-0.39, 0.29) is 12.0 Å². The van der Waals surface area contributed by atoms with Crippen LogP contribution in [0.1, 0.15) is 26.7 Å². The van der Waals surface area contributed by atoms with Gasteiger partial charge in [-0.15, -0.1) is 0 Å². The first-order valence-corrected chi connectivity index (χ1v) is 6.18. The number of hydrogen-bond donors (Lipinski definition) is 1. The van der Waals surface area contributed by atoms with Crippen molar-refractivity contribution in [3.05, 3.63) is 11.8 Å². The van der Waals surface area contributed by atoms with E-state index in [1.54, 1.807) is 13.2 Å². The molecule has 3 atom stereocenters. The summed E-state index contributed by atoms with van der Waals surface area (Å²) in [6, 6.07) is 2.40. The highest BCUT2D eigenvalue weighted by atomic mass is 16.5. The second kappa shape index (κ2) is 6.63. The van der Waals surface area contributed by atoms with Crippen LogP contribution in [-0.4, -0.2) is 42.4 Å². The van der Waals surface area contributed by atoms with Gasteiger partial charge in [-0.3, -0.25) is 0 Å². The van der Waals surface area contributed by atoms with E-state index in [0.29, 0.717) is 6.61 Å². The summed E-state index contributed by atoms with van der Waals surface area (Å²) in [7, 11) is 2.01. The van der Waals surface area contributed by atoms with Crippen molar-refractivity contribution in [3.63, 3.8) is 0 Å². The second-order valence-electron chi connectivity index (χ2n) is 4.61. The molecule has 0 aromatic heterocycles. The van der Waals surface area contributed by atoms with E-state index >= 15 is 0 Å². The Morgan fingerprint density at radius 2 is 2.41 bits per heavy atom. The summed E-state index contributed by atoms with van der Waals surface area (Å²) in [5, 5.41) is 19.4. The third-order valence-electron chi connectivity index (χ3n) is 3.38. The summed E-state index contributed by atoms with van der Waals surface area (Å²) >= 11 is 0. The molecule has 1 rings (SSSR count). The third kappa shape index (κ3) is 3.45. The summed E-state index contributed by atoms with van der Waals surface area (Å²) < 4.78 is 5.16. The molecular weight excluding hydrogens is 216 g/mol. The first-order chi connectivity index (χ1) is 8.11. The van der Waals surface area contributed by atoms with Crippen LogP contribution in [0, 0.1) is 17.2 Å². The first-order valence-electron chi connectivity index (χ1n) is 6.18. The van der Waals surface area contributed by atoms with Crippen molar-refractivity contribution in [1.29, 1.82) is 5.26 Å². The van der Waals surface area contributed by atoms with Crippen LogP contribution in [0.5, 0.6) is 0 Å². The molecule has 17 heavy (non-hydrogen) atoms. The zero-order chi connectivity index (χ0) is 12.8. The van der Waals surface area contributed by atoms with E-state index in [1.165, 1.54) is 0 Å². The van der Waals surface area contributed by atoms with E-state index < -0.39 is 6.10 Å². The Hall–Kier alpha value is -1.05. The van der Waals surface area contributed by atoms with E-state index in [4.69, 9.17) is 4.74 Å². The fourth-order valence-corrected chi connectivity index (χ4v) is 2.32. The fraction of sp³-hybridized carbons (Fsp3) is 0.769. The molecule has 3 unspecified atom stereocenters. The zero-order valence-corrected chi connectivity index (χ0v) is 10.9. The minimum atomic E-state index is -0.739. The van der Waals surface area contributed by atoms with Crippen LogP contribution in [0.15, 0.2) is 11.8 Å². The van der Waals surface area contributed by atoms with Gasteiger partial charge >= 0.3 is 0 Å². The van der Waals surface area contributed by atoms with Gasteiger partial charge in [0.1, 0.15) is 0 Å². The molecule has 0 saturated carbocycles. The summed E-state index contributed by atoms with van der Waals surface area (Å²) in [5.74, 6) is -0.376. The van der Waals surface area contributed by atoms with Crippen LogP contribution in [0.3, 0.4) is 0 Å². The number of likely N-dealkylation sites (tertiary alicyclic amines) is 1. The van der Waals surface area contributed by atoms with Crippen LogP contribution >= 0.6 is 0 Å². The molecule has 0 aromatic carbocycles. The molecule has 0 aliphatic carbocycles. The van der Waals surface area contributed by atoms with Gasteiger partial charge in [0.05, 0.1) is 31.0 Å². The van der Waals surface area contributed by atoms with Gasteiger partial charge in [0.2, 0.25) is 0 Å². The van der Waals surface area contributed by atoms with Crippen molar-refractivity contribution in [1.82, 2.24) is 4.90 Å². The summed E-state index contributed by atoms with van der Waals surface area (Å²) in [6.07, 6.45) is 2.90. The van der Waals surface area contributed by atoms with Gasteiger partial charge in [-0.2, -0.15) is 5.26 Å². The molecule has 96 valence electrons. The van der Waals surface area contributed by atoms with Gasteiger partial charge in [0, 0.05) is 6.04 Å². The van der Waals surface area contributed by atoms with Crippen molar-refractivity contribution >= 4 is 0 Å². The van der Waals surface area contributed by atoms with E-state index in [2.05, 4.69) is 11.0 Å². The molecule has 1 N–H and O–H groups in total. The lowest BCUT2D eigenvalue weighted by atomic mass is 9.90. The molecule has 1 saturated heterocycles. The lowest BCUT2D eigenvalue weighted by Gasteiger charge is -2.28. The summed E-state index contributed by atoms with van der Waals surface area (Å²) in [5.41, 5.74) is 0.721. The average Bonchev–Trinajstić information content (AvgIpc) is 2.73. The van der Waals surface area contributed by atoms with Gasteiger partial charge in [-0.25, -0.2) is 0 Å². The lowest BCUT2D eigenvalue weighted by Crippen LogP contribution is -2.38. The highest BCUT2D eigenvalue weighted by Gasteiger charge is 2.34. The third-order valence-corrected chi connectivity index (χ3v) is 3.38. The Labute approximate surface area is 103 Å². The number of aliphatic hydroxyl groups is 1. The zero-order valence-electron chi connectivity index (χ0n) is 10.9. The second-order valence-corrected chi connectivity index (χ2v) is 4.61. The molecule has 0 spiro atoms. The van der Waals surface area contributed by atoms with Crippen molar-refractivity contribution in [3.8, 4) is 6.07 Å². The smallest absolute Gasteiger partial charge is 0.0953 e. The standard InChI is InChI=1S/C13H22N2O2/c1-4-17-9-10(2)13(16)11(8-14)12-6-5-7-15(12)3/h9,11-13,16H,4-7H2,1-3H3/b10-9+.